The molecule has 4 rings (SSSR count). The molecule has 190 valence electrons. The van der Waals surface area contributed by atoms with Crippen LogP contribution in [-0.4, -0.2) is 13.1 Å². The van der Waals surface area contributed by atoms with Gasteiger partial charge >= 0.3 is 0 Å². The average Bonchev–Trinajstić information content (AvgIpc) is 2.93. The van der Waals surface area contributed by atoms with Gasteiger partial charge < -0.3 is 5.32 Å². The maximum absolute atomic E-state index is 13.3. The summed E-state index contributed by atoms with van der Waals surface area (Å²) >= 11 is 0. The highest BCUT2D eigenvalue weighted by atomic mass is 19.1. The van der Waals surface area contributed by atoms with Crippen LogP contribution in [0, 0.1) is 12.7 Å². The van der Waals surface area contributed by atoms with Crippen LogP contribution in [0.1, 0.15) is 46.7 Å². The molecule has 0 saturated heterocycles. The quantitative estimate of drug-likeness (QED) is 0.196. The Morgan fingerprint density at radius 1 is 0.703 bits per heavy atom. The van der Waals surface area contributed by atoms with Crippen LogP contribution < -0.4 is 5.32 Å². The highest BCUT2D eigenvalue weighted by molar-refractivity contribution is 5.65. The first kappa shape index (κ1) is 26.6. The molecule has 0 unspecified atom stereocenters. The molecule has 0 aliphatic rings. The van der Waals surface area contributed by atoms with Crippen LogP contribution in [0.3, 0.4) is 0 Å². The van der Waals surface area contributed by atoms with E-state index in [1.165, 1.54) is 51.1 Å². The van der Waals surface area contributed by atoms with Crippen molar-refractivity contribution in [3.05, 3.63) is 137 Å². The number of allylic oxidation sites excluding steroid dienone is 1. The second-order valence-electron chi connectivity index (χ2n) is 9.82. The summed E-state index contributed by atoms with van der Waals surface area (Å²) in [4.78, 5) is 0. The number of halogens is 1. The molecule has 0 heterocycles. The van der Waals surface area contributed by atoms with Gasteiger partial charge in [0.1, 0.15) is 5.82 Å². The summed E-state index contributed by atoms with van der Waals surface area (Å²) in [6, 6.07) is 31.0. The van der Waals surface area contributed by atoms with Crippen molar-refractivity contribution in [3.8, 4) is 11.1 Å². The van der Waals surface area contributed by atoms with Gasteiger partial charge in [-0.15, -0.1) is 0 Å². The molecule has 4 aromatic rings. The Labute approximate surface area is 222 Å². The molecule has 4 aromatic carbocycles. The molecule has 0 fully saturated rings. The number of nitrogens with one attached hydrogen (secondary N) is 1. The number of aryl methyl sites for hydroxylation is 3. The summed E-state index contributed by atoms with van der Waals surface area (Å²) in [5.74, 6) is -0.199. The molecule has 0 aliphatic heterocycles. The lowest BCUT2D eigenvalue weighted by molar-refractivity contribution is 0.628. The van der Waals surface area contributed by atoms with E-state index < -0.39 is 0 Å². The van der Waals surface area contributed by atoms with E-state index in [0.717, 1.165) is 56.3 Å². The summed E-state index contributed by atoms with van der Waals surface area (Å²) in [6.45, 7) is 10.4. The average molecular weight is 492 g/mol. The maximum atomic E-state index is 13.3. The molecule has 1 nitrogen and oxygen atoms in total. The van der Waals surface area contributed by atoms with Gasteiger partial charge in [-0.1, -0.05) is 92.4 Å². The van der Waals surface area contributed by atoms with Gasteiger partial charge in [-0.3, -0.25) is 0 Å². The molecule has 0 aromatic heterocycles. The molecule has 0 spiro atoms. The van der Waals surface area contributed by atoms with Crippen LogP contribution in [0.15, 0.2) is 97.6 Å². The van der Waals surface area contributed by atoms with Crippen LogP contribution in [0.2, 0.25) is 0 Å². The first-order chi connectivity index (χ1) is 18.0. The highest BCUT2D eigenvalue weighted by Crippen LogP contribution is 2.24. The van der Waals surface area contributed by atoms with Gasteiger partial charge in [-0.2, -0.15) is 0 Å². The number of rotatable bonds is 12. The first-order valence-corrected chi connectivity index (χ1v) is 13.4. The minimum atomic E-state index is -0.199. The first-order valence-electron chi connectivity index (χ1n) is 13.4. The zero-order valence-electron chi connectivity index (χ0n) is 22.2. The van der Waals surface area contributed by atoms with E-state index in [-0.39, 0.29) is 5.82 Å². The number of benzene rings is 4. The van der Waals surface area contributed by atoms with Crippen molar-refractivity contribution in [1.29, 1.82) is 0 Å². The molecule has 0 atom stereocenters. The summed E-state index contributed by atoms with van der Waals surface area (Å²) < 4.78 is 13.3. The molecule has 1 N–H and O–H groups in total. The van der Waals surface area contributed by atoms with E-state index >= 15 is 0 Å². The lowest BCUT2D eigenvalue weighted by Gasteiger charge is -2.13. The van der Waals surface area contributed by atoms with E-state index in [9.17, 15) is 4.39 Å². The van der Waals surface area contributed by atoms with Crippen LogP contribution in [0.25, 0.3) is 16.7 Å². The van der Waals surface area contributed by atoms with Crippen molar-refractivity contribution in [2.24, 2.45) is 0 Å². The second-order valence-corrected chi connectivity index (χ2v) is 9.82. The summed E-state index contributed by atoms with van der Waals surface area (Å²) in [7, 11) is 0. The van der Waals surface area contributed by atoms with Crippen LogP contribution in [0.5, 0.6) is 0 Å². The third kappa shape index (κ3) is 7.50. The molecular weight excluding hydrogens is 453 g/mol. The second kappa shape index (κ2) is 13.2. The van der Waals surface area contributed by atoms with E-state index in [2.05, 4.69) is 92.5 Å². The highest BCUT2D eigenvalue weighted by Gasteiger charge is 2.07. The minimum absolute atomic E-state index is 0.199. The van der Waals surface area contributed by atoms with Gasteiger partial charge in [0.25, 0.3) is 0 Å². The van der Waals surface area contributed by atoms with Gasteiger partial charge in [-0.25, -0.2) is 4.39 Å². The van der Waals surface area contributed by atoms with Crippen LogP contribution >= 0.6 is 0 Å². The Morgan fingerprint density at radius 2 is 1.32 bits per heavy atom. The third-order valence-electron chi connectivity index (χ3n) is 7.25. The molecule has 0 aliphatic carbocycles. The van der Waals surface area contributed by atoms with Crippen molar-refractivity contribution in [1.82, 2.24) is 5.32 Å². The smallest absolute Gasteiger partial charge is 0.123 e. The maximum Gasteiger partial charge on any atom is 0.123 e. The lowest BCUT2D eigenvalue weighted by Crippen LogP contribution is -2.20. The largest absolute Gasteiger partial charge is 0.316 e. The minimum Gasteiger partial charge on any atom is -0.316 e. The number of hydrogen-bond donors (Lipinski definition) is 1. The van der Waals surface area contributed by atoms with Gasteiger partial charge in [0.05, 0.1) is 0 Å². The molecule has 37 heavy (non-hydrogen) atoms. The van der Waals surface area contributed by atoms with Crippen molar-refractivity contribution < 1.29 is 4.39 Å². The predicted octanol–water partition coefficient (Wildman–Crippen LogP) is 8.38. The number of hydrogen-bond acceptors (Lipinski definition) is 1. The SMILES string of the molecule is C=C(CC)c1ccc(CCNCCc2ccccc2CCc2ccc(-c3ccc(F)cc3)cc2C)cc1. The molecule has 0 radical (unpaired) electrons. The van der Waals surface area contributed by atoms with E-state index in [1.54, 1.807) is 0 Å². The molecular formula is C35H38FN. The van der Waals surface area contributed by atoms with E-state index in [1.807, 2.05) is 12.1 Å². The Balaban J connectivity index is 1.26. The third-order valence-corrected chi connectivity index (χ3v) is 7.25. The van der Waals surface area contributed by atoms with E-state index in [0.29, 0.717) is 0 Å². The predicted molar refractivity (Wildman–Crippen MR) is 156 cm³/mol. The van der Waals surface area contributed by atoms with Crippen molar-refractivity contribution in [3.63, 3.8) is 0 Å². The molecule has 0 bridgehead atoms. The fraction of sp³-hybridized carbons (Fsp3) is 0.257. The van der Waals surface area contributed by atoms with Crippen molar-refractivity contribution in [2.45, 2.75) is 46.0 Å². The zero-order chi connectivity index (χ0) is 26.0. The van der Waals surface area contributed by atoms with Gasteiger partial charge in [0.2, 0.25) is 0 Å². The summed E-state index contributed by atoms with van der Waals surface area (Å²) in [5.41, 5.74) is 11.5. The fourth-order valence-electron chi connectivity index (χ4n) is 4.80. The lowest BCUT2D eigenvalue weighted by atomic mass is 9.94. The standard InChI is InChI=1S/C35H38FN/c1-4-26(2)29-11-9-28(10-12-29)21-23-37-24-22-32-8-6-5-7-31(32)15-13-30-14-16-34(25-27(30)3)33-17-19-35(36)20-18-33/h5-12,14,16-20,25,37H,2,4,13,15,21-24H2,1,3H3. The topological polar surface area (TPSA) is 12.0 Å². The molecule has 2 heteroatoms. The van der Waals surface area contributed by atoms with Crippen molar-refractivity contribution in [2.75, 3.05) is 13.1 Å². The van der Waals surface area contributed by atoms with Gasteiger partial charge in [-0.05, 0) is 114 Å². The monoisotopic (exact) mass is 491 g/mol. The Bertz CT molecular complexity index is 1300. The Morgan fingerprint density at radius 3 is 2.00 bits per heavy atom. The van der Waals surface area contributed by atoms with Crippen molar-refractivity contribution >= 4 is 5.57 Å². The normalized spacial score (nSPS) is 11.0. The Hall–Kier alpha value is -3.49. The van der Waals surface area contributed by atoms with Gasteiger partial charge in [0.15, 0.2) is 0 Å². The molecule has 0 amide bonds. The fourth-order valence-corrected chi connectivity index (χ4v) is 4.80. The van der Waals surface area contributed by atoms with Crippen LogP contribution in [-0.2, 0) is 25.7 Å². The summed E-state index contributed by atoms with van der Waals surface area (Å²) in [6.07, 6.45) is 5.11. The molecule has 0 saturated carbocycles. The van der Waals surface area contributed by atoms with Crippen LogP contribution in [0.4, 0.5) is 4.39 Å². The summed E-state index contributed by atoms with van der Waals surface area (Å²) in [5, 5.41) is 3.63. The van der Waals surface area contributed by atoms with E-state index in [4.69, 9.17) is 0 Å². The Kier molecular flexibility index (Phi) is 9.46. The van der Waals surface area contributed by atoms with Gasteiger partial charge in [0, 0.05) is 0 Å². The zero-order valence-corrected chi connectivity index (χ0v) is 22.2.